The van der Waals surface area contributed by atoms with Crippen LogP contribution in [0.15, 0.2) is 23.2 Å². The lowest BCUT2D eigenvalue weighted by molar-refractivity contribution is 0.315. The van der Waals surface area contributed by atoms with Gasteiger partial charge in [0.1, 0.15) is 12.6 Å². The molecule has 0 spiro atoms. The fourth-order valence-electron chi connectivity index (χ4n) is 1.28. The Labute approximate surface area is 91.5 Å². The maximum atomic E-state index is 5.88. The number of halogens is 2. The fraction of sp³-hybridized carbons (Fsp3) is 0.222. The van der Waals surface area contributed by atoms with E-state index in [1.807, 2.05) is 6.07 Å². The Hall–Kier alpha value is -0.930. The summed E-state index contributed by atoms with van der Waals surface area (Å²) in [6.07, 6.45) is 0. The Kier molecular flexibility index (Phi) is 2.52. The van der Waals surface area contributed by atoms with Crippen LogP contribution in [-0.4, -0.2) is 12.6 Å². The number of amidine groups is 1. The van der Waals surface area contributed by atoms with E-state index >= 15 is 0 Å². The molecule has 1 atom stereocenters. The maximum Gasteiger partial charge on any atom is 0.282 e. The lowest BCUT2D eigenvalue weighted by atomic mass is 10.1. The van der Waals surface area contributed by atoms with E-state index in [-0.39, 0.29) is 12.1 Å². The standard InChI is InChI=1S/C9H8Cl2N2O/c10-6-2-1-5(3-7(6)11)8-4-14-9(12)13-8/h1-3,8H,4H2,(H2,12,13)/t8-/m0/s1. The van der Waals surface area contributed by atoms with Gasteiger partial charge < -0.3 is 10.5 Å². The topological polar surface area (TPSA) is 47.6 Å². The zero-order chi connectivity index (χ0) is 10.1. The first-order valence-electron chi connectivity index (χ1n) is 4.08. The molecule has 3 nitrogen and oxygen atoms in total. The van der Waals surface area contributed by atoms with Crippen molar-refractivity contribution in [3.63, 3.8) is 0 Å². The second kappa shape index (κ2) is 3.67. The van der Waals surface area contributed by atoms with Crippen LogP contribution in [-0.2, 0) is 4.74 Å². The van der Waals surface area contributed by atoms with E-state index in [1.165, 1.54) is 0 Å². The Morgan fingerprint density at radius 2 is 2.14 bits per heavy atom. The third-order valence-electron chi connectivity index (χ3n) is 2.00. The highest BCUT2D eigenvalue weighted by molar-refractivity contribution is 6.42. The van der Waals surface area contributed by atoms with E-state index in [4.69, 9.17) is 33.7 Å². The summed E-state index contributed by atoms with van der Waals surface area (Å²) in [4.78, 5) is 4.10. The predicted molar refractivity (Wildman–Crippen MR) is 56.8 cm³/mol. The van der Waals surface area contributed by atoms with Crippen LogP contribution in [0, 0.1) is 0 Å². The van der Waals surface area contributed by atoms with Crippen molar-refractivity contribution in [3.8, 4) is 0 Å². The molecule has 0 radical (unpaired) electrons. The Bertz CT molecular complexity index is 392. The number of hydrogen-bond acceptors (Lipinski definition) is 3. The highest BCUT2D eigenvalue weighted by Crippen LogP contribution is 2.28. The van der Waals surface area contributed by atoms with Gasteiger partial charge in [-0.25, -0.2) is 4.99 Å². The molecule has 0 saturated heterocycles. The molecule has 0 aromatic heterocycles. The van der Waals surface area contributed by atoms with Crippen molar-refractivity contribution < 1.29 is 4.74 Å². The minimum absolute atomic E-state index is 0.0650. The van der Waals surface area contributed by atoms with Gasteiger partial charge in [0.2, 0.25) is 0 Å². The molecule has 5 heteroatoms. The molecule has 2 rings (SSSR count). The van der Waals surface area contributed by atoms with Gasteiger partial charge in [0.05, 0.1) is 10.0 Å². The van der Waals surface area contributed by atoms with Crippen molar-refractivity contribution >= 4 is 29.2 Å². The molecule has 0 unspecified atom stereocenters. The van der Waals surface area contributed by atoms with Crippen molar-refractivity contribution in [1.82, 2.24) is 0 Å². The van der Waals surface area contributed by atoms with Crippen molar-refractivity contribution in [2.24, 2.45) is 10.7 Å². The van der Waals surface area contributed by atoms with E-state index in [9.17, 15) is 0 Å². The molecule has 1 aliphatic heterocycles. The molecule has 2 N–H and O–H groups in total. The minimum atomic E-state index is -0.0650. The van der Waals surface area contributed by atoms with Crippen molar-refractivity contribution in [3.05, 3.63) is 33.8 Å². The van der Waals surface area contributed by atoms with Gasteiger partial charge in [0, 0.05) is 0 Å². The average Bonchev–Trinajstić information content (AvgIpc) is 2.57. The lowest BCUT2D eigenvalue weighted by Crippen LogP contribution is -2.10. The first-order valence-corrected chi connectivity index (χ1v) is 4.83. The quantitative estimate of drug-likeness (QED) is 0.806. The molecule has 0 amide bonds. The summed E-state index contributed by atoms with van der Waals surface area (Å²) in [6.45, 7) is 0.462. The fourth-order valence-corrected chi connectivity index (χ4v) is 1.59. The molecule has 14 heavy (non-hydrogen) atoms. The Morgan fingerprint density at radius 1 is 1.36 bits per heavy atom. The zero-order valence-electron chi connectivity index (χ0n) is 7.21. The number of aliphatic imine (C=N–C) groups is 1. The van der Waals surface area contributed by atoms with Crippen LogP contribution >= 0.6 is 23.2 Å². The molecule has 1 aromatic carbocycles. The van der Waals surface area contributed by atoms with Crippen LogP contribution in [0.1, 0.15) is 11.6 Å². The first kappa shape index (κ1) is 9.62. The molecule has 1 heterocycles. The van der Waals surface area contributed by atoms with Gasteiger partial charge in [-0.1, -0.05) is 29.3 Å². The Morgan fingerprint density at radius 3 is 2.71 bits per heavy atom. The second-order valence-electron chi connectivity index (χ2n) is 2.97. The van der Waals surface area contributed by atoms with Gasteiger partial charge in [-0.15, -0.1) is 0 Å². The largest absolute Gasteiger partial charge is 0.463 e. The summed E-state index contributed by atoms with van der Waals surface area (Å²) >= 11 is 11.7. The van der Waals surface area contributed by atoms with Crippen molar-refractivity contribution in [2.45, 2.75) is 6.04 Å². The van der Waals surface area contributed by atoms with Gasteiger partial charge in [-0.05, 0) is 17.7 Å². The zero-order valence-corrected chi connectivity index (χ0v) is 8.72. The van der Waals surface area contributed by atoms with Gasteiger partial charge in [-0.3, -0.25) is 0 Å². The van der Waals surface area contributed by atoms with Crippen molar-refractivity contribution in [1.29, 1.82) is 0 Å². The van der Waals surface area contributed by atoms with Gasteiger partial charge in [0.25, 0.3) is 6.02 Å². The number of hydrogen-bond donors (Lipinski definition) is 1. The van der Waals surface area contributed by atoms with Crippen LogP contribution in [0.25, 0.3) is 0 Å². The molecular weight excluding hydrogens is 223 g/mol. The van der Waals surface area contributed by atoms with Gasteiger partial charge >= 0.3 is 0 Å². The van der Waals surface area contributed by atoms with E-state index in [0.29, 0.717) is 16.7 Å². The molecule has 0 saturated carbocycles. The predicted octanol–water partition coefficient (Wildman–Crippen LogP) is 2.38. The van der Waals surface area contributed by atoms with E-state index in [1.54, 1.807) is 12.1 Å². The maximum absolute atomic E-state index is 5.88. The first-order chi connectivity index (χ1) is 6.66. The van der Waals surface area contributed by atoms with E-state index in [2.05, 4.69) is 4.99 Å². The number of benzene rings is 1. The summed E-state index contributed by atoms with van der Waals surface area (Å²) in [6, 6.07) is 5.54. The summed E-state index contributed by atoms with van der Waals surface area (Å²) in [5.74, 6) is 0. The average molecular weight is 231 g/mol. The smallest absolute Gasteiger partial charge is 0.282 e. The van der Waals surface area contributed by atoms with Crippen LogP contribution in [0.2, 0.25) is 10.0 Å². The highest BCUT2D eigenvalue weighted by atomic mass is 35.5. The molecular formula is C9H8Cl2N2O. The molecule has 0 fully saturated rings. The van der Waals surface area contributed by atoms with Crippen LogP contribution in [0.3, 0.4) is 0 Å². The van der Waals surface area contributed by atoms with Gasteiger partial charge in [-0.2, -0.15) is 0 Å². The molecule has 0 aliphatic carbocycles. The Balaban J connectivity index is 2.29. The van der Waals surface area contributed by atoms with Crippen LogP contribution in [0.4, 0.5) is 0 Å². The molecule has 74 valence electrons. The lowest BCUT2D eigenvalue weighted by Gasteiger charge is -2.05. The number of rotatable bonds is 1. The van der Waals surface area contributed by atoms with Gasteiger partial charge in [0.15, 0.2) is 0 Å². The highest BCUT2D eigenvalue weighted by Gasteiger charge is 2.19. The monoisotopic (exact) mass is 230 g/mol. The van der Waals surface area contributed by atoms with E-state index in [0.717, 1.165) is 5.56 Å². The number of ether oxygens (including phenoxy) is 1. The van der Waals surface area contributed by atoms with Crippen LogP contribution in [0.5, 0.6) is 0 Å². The minimum Gasteiger partial charge on any atom is -0.463 e. The number of nitrogens with two attached hydrogens (primary N) is 1. The summed E-state index contributed by atoms with van der Waals surface area (Å²) in [5, 5.41) is 1.05. The summed E-state index contributed by atoms with van der Waals surface area (Å²) in [7, 11) is 0. The third-order valence-corrected chi connectivity index (χ3v) is 2.74. The molecule has 1 aliphatic rings. The summed E-state index contributed by atoms with van der Waals surface area (Å²) in [5.41, 5.74) is 6.36. The molecule has 0 bridgehead atoms. The summed E-state index contributed by atoms with van der Waals surface area (Å²) < 4.78 is 5.04. The van der Waals surface area contributed by atoms with Crippen LogP contribution < -0.4 is 5.73 Å². The number of nitrogens with zero attached hydrogens (tertiary/aromatic N) is 1. The molecule has 1 aromatic rings. The second-order valence-corrected chi connectivity index (χ2v) is 3.78. The normalized spacial score (nSPS) is 20.4. The third kappa shape index (κ3) is 1.79. The van der Waals surface area contributed by atoms with E-state index < -0.39 is 0 Å². The van der Waals surface area contributed by atoms with Crippen molar-refractivity contribution in [2.75, 3.05) is 6.61 Å². The SMILES string of the molecule is NC1=N[C@H](c2ccc(Cl)c(Cl)c2)CO1.